The summed E-state index contributed by atoms with van der Waals surface area (Å²) in [7, 11) is 0. The summed E-state index contributed by atoms with van der Waals surface area (Å²) in [5.41, 5.74) is -2.96. The zero-order valence-corrected chi connectivity index (χ0v) is 19.6. The molecule has 0 saturated carbocycles. The smallest absolute Gasteiger partial charge is 0.405 e. The molecule has 1 aromatic carbocycles. The van der Waals surface area contributed by atoms with E-state index >= 15 is 0 Å². The number of rotatable bonds is 4. The zero-order chi connectivity index (χ0) is 24.6. The van der Waals surface area contributed by atoms with Crippen molar-refractivity contribution in [3.05, 3.63) is 59.6 Å². The van der Waals surface area contributed by atoms with Crippen LogP contribution in [0.2, 0.25) is 0 Å². The van der Waals surface area contributed by atoms with E-state index in [1.165, 1.54) is 4.57 Å². The first-order chi connectivity index (χ1) is 15.3. The molecule has 1 aliphatic rings. The van der Waals surface area contributed by atoms with Gasteiger partial charge in [-0.1, -0.05) is 18.2 Å². The summed E-state index contributed by atoms with van der Waals surface area (Å²) < 4.78 is 17.4. The third-order valence-electron chi connectivity index (χ3n) is 4.46. The number of nitrogens with zero attached hydrogens (tertiary/aromatic N) is 1. The summed E-state index contributed by atoms with van der Waals surface area (Å²) in [5, 5.41) is 12.1. The van der Waals surface area contributed by atoms with Crippen molar-refractivity contribution < 1.29 is 38.3 Å². The van der Waals surface area contributed by atoms with Gasteiger partial charge in [0.1, 0.15) is 29.1 Å². The van der Waals surface area contributed by atoms with Gasteiger partial charge in [0, 0.05) is 11.5 Å². The Hall–Kier alpha value is -3.68. The standard InChI is InChI=1S/C25H27NO7/c1-24(2,3)32-22(29)19(18-17(27)14-31-21(18)28)20(23(30)33-25(4,5)6)26-12-11-15-9-7-8-10-16(15)13-26/h7-13H,14H2,1-6H3/p+1. The first-order valence-corrected chi connectivity index (χ1v) is 10.5. The van der Waals surface area contributed by atoms with Gasteiger partial charge in [-0.25, -0.2) is 14.4 Å². The maximum atomic E-state index is 13.4. The lowest BCUT2D eigenvalue weighted by Crippen LogP contribution is -2.42. The van der Waals surface area contributed by atoms with Crippen molar-refractivity contribution in [1.82, 2.24) is 0 Å². The van der Waals surface area contributed by atoms with Crippen LogP contribution in [0.1, 0.15) is 41.5 Å². The molecular formula is C25H28NO7+. The Bertz CT molecular complexity index is 1190. The summed E-state index contributed by atoms with van der Waals surface area (Å²) in [6, 6.07) is 9.20. The maximum absolute atomic E-state index is 13.4. The fourth-order valence-corrected chi connectivity index (χ4v) is 3.22. The second-order valence-corrected chi connectivity index (χ2v) is 9.61. The van der Waals surface area contributed by atoms with E-state index in [0.29, 0.717) is 0 Å². The summed E-state index contributed by atoms with van der Waals surface area (Å²) in [6.45, 7) is 9.59. The van der Waals surface area contributed by atoms with E-state index in [1.807, 2.05) is 24.3 Å². The SMILES string of the molecule is CC(C)(C)OC(=O)/C(C1=C(O)COC1=O)=C(\C(=O)OC(C)(C)C)[n+]1ccc2ccccc2c1. The Balaban J connectivity index is 2.36. The number of aromatic nitrogens is 1. The molecule has 0 atom stereocenters. The normalized spacial score (nSPS) is 15.3. The van der Waals surface area contributed by atoms with Gasteiger partial charge in [-0.3, -0.25) is 0 Å². The number of aliphatic hydroxyl groups excluding tert-OH is 1. The van der Waals surface area contributed by atoms with Gasteiger partial charge in [0.05, 0.1) is 0 Å². The minimum atomic E-state index is -0.968. The summed E-state index contributed by atoms with van der Waals surface area (Å²) in [5.74, 6) is -3.24. The average Bonchev–Trinajstić information content (AvgIpc) is 3.01. The average molecular weight is 454 g/mol. The van der Waals surface area contributed by atoms with Crippen molar-refractivity contribution in [3.8, 4) is 0 Å². The van der Waals surface area contributed by atoms with Crippen LogP contribution in [-0.4, -0.2) is 40.8 Å². The monoisotopic (exact) mass is 454 g/mol. The molecule has 0 bridgehead atoms. The van der Waals surface area contributed by atoms with E-state index in [0.717, 1.165) is 10.8 Å². The Morgan fingerprint density at radius 3 is 2.06 bits per heavy atom. The minimum absolute atomic E-state index is 0.273. The van der Waals surface area contributed by atoms with E-state index in [2.05, 4.69) is 0 Å². The number of benzene rings is 1. The van der Waals surface area contributed by atoms with Gasteiger partial charge in [-0.05, 0) is 53.0 Å². The van der Waals surface area contributed by atoms with Crippen molar-refractivity contribution >= 4 is 34.4 Å². The number of cyclic esters (lactones) is 1. The molecule has 174 valence electrons. The summed E-state index contributed by atoms with van der Waals surface area (Å²) in [4.78, 5) is 39.3. The van der Waals surface area contributed by atoms with Crippen LogP contribution in [0.3, 0.4) is 0 Å². The number of hydrogen-bond donors (Lipinski definition) is 1. The Kier molecular flexibility index (Phi) is 6.31. The highest BCUT2D eigenvalue weighted by Crippen LogP contribution is 2.29. The van der Waals surface area contributed by atoms with Gasteiger partial charge >= 0.3 is 23.6 Å². The lowest BCUT2D eigenvalue weighted by molar-refractivity contribution is -0.577. The van der Waals surface area contributed by atoms with Gasteiger partial charge in [0.15, 0.2) is 18.0 Å². The predicted molar refractivity (Wildman–Crippen MR) is 120 cm³/mol. The first-order valence-electron chi connectivity index (χ1n) is 10.5. The molecule has 3 rings (SSSR count). The third-order valence-corrected chi connectivity index (χ3v) is 4.46. The van der Waals surface area contributed by atoms with Crippen LogP contribution < -0.4 is 4.57 Å². The number of esters is 3. The highest BCUT2D eigenvalue weighted by molar-refractivity contribution is 6.21. The molecule has 2 aromatic rings. The lowest BCUT2D eigenvalue weighted by Gasteiger charge is -2.22. The molecule has 0 amide bonds. The number of ether oxygens (including phenoxy) is 3. The molecule has 2 heterocycles. The van der Waals surface area contributed by atoms with Crippen molar-refractivity contribution in [2.45, 2.75) is 52.7 Å². The van der Waals surface area contributed by atoms with Crippen molar-refractivity contribution in [2.24, 2.45) is 0 Å². The molecule has 8 nitrogen and oxygen atoms in total. The number of carbonyl (C=O) groups is 3. The molecule has 0 spiro atoms. The number of aliphatic hydroxyl groups is 1. The van der Waals surface area contributed by atoms with Gasteiger partial charge in [-0.15, -0.1) is 0 Å². The number of pyridine rings is 1. The summed E-state index contributed by atoms with van der Waals surface area (Å²) in [6.07, 6.45) is 3.21. The van der Waals surface area contributed by atoms with E-state index in [4.69, 9.17) is 14.2 Å². The van der Waals surface area contributed by atoms with E-state index in [-0.39, 0.29) is 5.70 Å². The van der Waals surface area contributed by atoms with Crippen LogP contribution in [0, 0.1) is 0 Å². The minimum Gasteiger partial charge on any atom is -0.508 e. The molecule has 0 saturated heterocycles. The molecule has 8 heteroatoms. The largest absolute Gasteiger partial charge is 0.508 e. The van der Waals surface area contributed by atoms with Gasteiger partial charge in [0.25, 0.3) is 0 Å². The van der Waals surface area contributed by atoms with E-state index < -0.39 is 52.6 Å². The second-order valence-electron chi connectivity index (χ2n) is 9.61. The second kappa shape index (κ2) is 8.69. The maximum Gasteiger partial charge on any atom is 0.405 e. The lowest BCUT2D eigenvalue weighted by atomic mass is 10.0. The Morgan fingerprint density at radius 2 is 1.52 bits per heavy atom. The van der Waals surface area contributed by atoms with Crippen molar-refractivity contribution in [2.75, 3.05) is 6.61 Å². The zero-order valence-electron chi connectivity index (χ0n) is 19.6. The van der Waals surface area contributed by atoms with E-state index in [9.17, 15) is 19.5 Å². The molecule has 33 heavy (non-hydrogen) atoms. The molecular weight excluding hydrogens is 426 g/mol. The van der Waals surface area contributed by atoms with Crippen LogP contribution in [0.25, 0.3) is 16.5 Å². The van der Waals surface area contributed by atoms with Crippen molar-refractivity contribution in [3.63, 3.8) is 0 Å². The predicted octanol–water partition coefficient (Wildman–Crippen LogP) is 3.39. The first kappa shape index (κ1) is 24.0. The van der Waals surface area contributed by atoms with Gasteiger partial charge in [-0.2, -0.15) is 4.57 Å². The van der Waals surface area contributed by atoms with Crippen LogP contribution in [0.5, 0.6) is 0 Å². The summed E-state index contributed by atoms with van der Waals surface area (Å²) >= 11 is 0. The van der Waals surface area contributed by atoms with Crippen LogP contribution in [0.4, 0.5) is 0 Å². The molecule has 1 aromatic heterocycles. The molecule has 0 radical (unpaired) electrons. The van der Waals surface area contributed by atoms with Crippen molar-refractivity contribution in [1.29, 1.82) is 0 Å². The Labute approximate surface area is 192 Å². The highest BCUT2D eigenvalue weighted by atomic mass is 16.6. The fourth-order valence-electron chi connectivity index (χ4n) is 3.22. The Morgan fingerprint density at radius 1 is 0.939 bits per heavy atom. The molecule has 1 aliphatic heterocycles. The topological polar surface area (TPSA) is 103 Å². The molecule has 1 N–H and O–H groups in total. The van der Waals surface area contributed by atoms with Crippen LogP contribution in [0.15, 0.2) is 59.6 Å². The molecule has 0 aliphatic carbocycles. The number of carbonyl (C=O) groups excluding carboxylic acids is 3. The quantitative estimate of drug-likeness (QED) is 0.327. The molecule has 0 fully saturated rings. The fraction of sp³-hybridized carbons (Fsp3) is 0.360. The molecule has 0 unspecified atom stereocenters. The van der Waals surface area contributed by atoms with Crippen LogP contribution in [-0.2, 0) is 28.6 Å². The van der Waals surface area contributed by atoms with Gasteiger partial charge < -0.3 is 19.3 Å². The number of fused-ring (bicyclic) bond motifs is 1. The van der Waals surface area contributed by atoms with Crippen LogP contribution >= 0.6 is 0 Å². The van der Waals surface area contributed by atoms with E-state index in [1.54, 1.807) is 60.0 Å². The number of hydrogen-bond acceptors (Lipinski definition) is 7. The van der Waals surface area contributed by atoms with Gasteiger partial charge in [0.2, 0.25) is 0 Å². The highest BCUT2D eigenvalue weighted by Gasteiger charge is 2.43. The third kappa shape index (κ3) is 5.58.